The lowest BCUT2D eigenvalue weighted by atomic mass is 9.86. The zero-order chi connectivity index (χ0) is 23.3. The minimum atomic E-state index is -2.62. The van der Waals surface area contributed by atoms with E-state index in [-0.39, 0.29) is 22.9 Å². The average Bonchev–Trinajstić information content (AvgIpc) is 2.75. The Morgan fingerprint density at radius 1 is 1.38 bits per heavy atom. The van der Waals surface area contributed by atoms with E-state index in [1.165, 1.54) is 11.2 Å². The highest BCUT2D eigenvalue weighted by Gasteiger charge is 2.28. The van der Waals surface area contributed by atoms with Crippen molar-refractivity contribution >= 4 is 28.5 Å². The Morgan fingerprint density at radius 2 is 2.09 bits per heavy atom. The first kappa shape index (κ1) is 24.0. The number of hydrazine groups is 1. The van der Waals surface area contributed by atoms with Crippen LogP contribution < -0.4 is 20.3 Å². The molecule has 0 unspecified atom stereocenters. The fourth-order valence-electron chi connectivity index (χ4n) is 3.08. The van der Waals surface area contributed by atoms with Crippen LogP contribution in [0.5, 0.6) is 17.5 Å². The molecule has 0 aliphatic carbocycles. The Morgan fingerprint density at radius 3 is 2.75 bits per heavy atom. The largest absolute Gasteiger partial charge is 0.482 e. The quantitative estimate of drug-likeness (QED) is 0.358. The third-order valence-corrected chi connectivity index (χ3v) is 6.32. The van der Waals surface area contributed by atoms with E-state index in [1.807, 2.05) is 6.21 Å². The fraction of sp³-hybridized carbons (Fsp3) is 0.476. The van der Waals surface area contributed by atoms with Gasteiger partial charge in [0.1, 0.15) is 12.3 Å². The van der Waals surface area contributed by atoms with Crippen LogP contribution in [0.3, 0.4) is 0 Å². The summed E-state index contributed by atoms with van der Waals surface area (Å²) in [5.41, 5.74) is 1.14. The number of nitrogens with two attached hydrogens (primary N) is 1. The minimum Gasteiger partial charge on any atom is -0.482 e. The molecule has 3 rings (SSSR count). The molecule has 11 heteroatoms. The molecule has 1 aliphatic rings. The van der Waals surface area contributed by atoms with Crippen LogP contribution >= 0.6 is 0 Å². The van der Waals surface area contributed by atoms with E-state index in [4.69, 9.17) is 15.3 Å². The van der Waals surface area contributed by atoms with Crippen LogP contribution in [0.2, 0.25) is 0 Å². The number of halogens is 2. The number of alkyl halides is 2. The monoisotopic (exact) mass is 467 g/mol. The highest BCUT2D eigenvalue weighted by molar-refractivity contribution is 7.85. The van der Waals surface area contributed by atoms with Gasteiger partial charge in [0.25, 0.3) is 12.3 Å². The molecule has 2 aromatic heterocycles. The molecule has 1 fully saturated rings. The van der Waals surface area contributed by atoms with Crippen molar-refractivity contribution in [2.45, 2.75) is 33.1 Å². The van der Waals surface area contributed by atoms with Gasteiger partial charge in [-0.3, -0.25) is 14.2 Å². The van der Waals surface area contributed by atoms with Gasteiger partial charge in [-0.15, -0.1) is 0 Å². The van der Waals surface area contributed by atoms with Gasteiger partial charge < -0.3 is 9.47 Å². The third kappa shape index (κ3) is 6.42. The summed E-state index contributed by atoms with van der Waals surface area (Å²) in [6.45, 7) is 3.09. The number of aryl methyl sites for hydroxylation is 1. The lowest BCUT2D eigenvalue weighted by Gasteiger charge is -2.29. The van der Waals surface area contributed by atoms with Crippen LogP contribution in [0.25, 0.3) is 0 Å². The molecule has 0 amide bonds. The number of ether oxygens (including phenoxy) is 2. The zero-order valence-corrected chi connectivity index (χ0v) is 19.1. The maximum Gasteiger partial charge on any atom is 0.272 e. The Balaban J connectivity index is 1.82. The normalized spacial score (nSPS) is 21.2. The topological polar surface area (TPSA) is 103 Å². The standard InChI is InChI=1S/C21H27F2N5O3S/c1-14-10-16(30-12-17(22)23)20(25-11-14)31-18-5-4-15(19(27-18)28(3)24)26-13-21(2)6-8-32(29)9-7-21/h4-5,10-11,13,17H,6-9,12,24H2,1-3H3. The first-order valence-corrected chi connectivity index (χ1v) is 11.6. The molecule has 3 heterocycles. The van der Waals surface area contributed by atoms with Crippen LogP contribution in [-0.4, -0.2) is 52.0 Å². The van der Waals surface area contributed by atoms with E-state index in [2.05, 4.69) is 21.9 Å². The first-order valence-electron chi connectivity index (χ1n) is 10.1. The summed E-state index contributed by atoms with van der Waals surface area (Å²) in [4.78, 5) is 13.1. The van der Waals surface area contributed by atoms with Gasteiger partial charge in [0.15, 0.2) is 11.6 Å². The maximum atomic E-state index is 12.6. The molecule has 0 aromatic carbocycles. The van der Waals surface area contributed by atoms with Gasteiger partial charge in [-0.05, 0) is 37.5 Å². The van der Waals surface area contributed by atoms with Gasteiger partial charge in [0.05, 0.1) is 0 Å². The Labute approximate surface area is 188 Å². The summed E-state index contributed by atoms with van der Waals surface area (Å²) in [5, 5.41) is 1.31. The Kier molecular flexibility index (Phi) is 7.73. The molecule has 32 heavy (non-hydrogen) atoms. The van der Waals surface area contributed by atoms with Crippen molar-refractivity contribution in [3.63, 3.8) is 0 Å². The molecule has 1 aliphatic heterocycles. The highest BCUT2D eigenvalue weighted by Crippen LogP contribution is 2.34. The first-order chi connectivity index (χ1) is 15.1. The van der Waals surface area contributed by atoms with Crippen LogP contribution in [0.1, 0.15) is 25.3 Å². The summed E-state index contributed by atoms with van der Waals surface area (Å²) in [7, 11) is 0.869. The Hall–Kier alpha value is -2.66. The number of aliphatic imine (C=N–C) groups is 1. The Bertz CT molecular complexity index is 993. The van der Waals surface area contributed by atoms with E-state index in [0.717, 1.165) is 18.4 Å². The van der Waals surface area contributed by atoms with E-state index in [1.54, 1.807) is 32.2 Å². The number of anilines is 1. The van der Waals surface area contributed by atoms with E-state index in [9.17, 15) is 13.0 Å². The van der Waals surface area contributed by atoms with E-state index < -0.39 is 23.8 Å². The number of hydrogen-bond acceptors (Lipinski definition) is 8. The van der Waals surface area contributed by atoms with Gasteiger partial charge in [0.2, 0.25) is 5.88 Å². The summed E-state index contributed by atoms with van der Waals surface area (Å²) >= 11 is 0. The molecule has 174 valence electrons. The van der Waals surface area contributed by atoms with Crippen molar-refractivity contribution in [1.29, 1.82) is 0 Å². The van der Waals surface area contributed by atoms with Gasteiger partial charge in [-0.25, -0.2) is 19.6 Å². The van der Waals surface area contributed by atoms with Crippen molar-refractivity contribution in [1.82, 2.24) is 9.97 Å². The van der Waals surface area contributed by atoms with Crippen LogP contribution in [0, 0.1) is 12.3 Å². The number of hydrogen-bond donors (Lipinski definition) is 1. The molecule has 0 spiro atoms. The van der Waals surface area contributed by atoms with Crippen molar-refractivity contribution in [3.8, 4) is 17.5 Å². The molecule has 0 atom stereocenters. The molecule has 8 nitrogen and oxygen atoms in total. The fourth-order valence-corrected chi connectivity index (χ4v) is 4.67. The molecule has 2 N–H and O–H groups in total. The lowest BCUT2D eigenvalue weighted by Crippen LogP contribution is -2.29. The van der Waals surface area contributed by atoms with Crippen molar-refractivity contribution in [2.24, 2.45) is 16.3 Å². The van der Waals surface area contributed by atoms with E-state index >= 15 is 0 Å². The van der Waals surface area contributed by atoms with Crippen LogP contribution in [0.4, 0.5) is 20.3 Å². The van der Waals surface area contributed by atoms with Crippen LogP contribution in [-0.2, 0) is 10.8 Å². The summed E-state index contributed by atoms with van der Waals surface area (Å²) < 4.78 is 47.6. The second-order valence-corrected chi connectivity index (χ2v) is 9.68. The molecule has 1 saturated heterocycles. The molecule has 0 saturated carbocycles. The van der Waals surface area contributed by atoms with Gasteiger partial charge in [0, 0.05) is 53.2 Å². The van der Waals surface area contributed by atoms with Gasteiger partial charge >= 0.3 is 0 Å². The third-order valence-electron chi connectivity index (χ3n) is 5.00. The van der Waals surface area contributed by atoms with Gasteiger partial charge in [-0.1, -0.05) is 6.92 Å². The molecular formula is C21H27F2N5O3S. The molecular weight excluding hydrogens is 440 g/mol. The average molecular weight is 468 g/mol. The molecule has 0 radical (unpaired) electrons. The maximum absolute atomic E-state index is 12.6. The predicted molar refractivity (Wildman–Crippen MR) is 121 cm³/mol. The minimum absolute atomic E-state index is 0.0216. The second-order valence-electron chi connectivity index (χ2n) is 7.98. The number of pyridine rings is 2. The smallest absolute Gasteiger partial charge is 0.272 e. The van der Waals surface area contributed by atoms with E-state index in [0.29, 0.717) is 23.0 Å². The van der Waals surface area contributed by atoms with Gasteiger partial charge in [-0.2, -0.15) is 4.98 Å². The number of rotatable bonds is 8. The van der Waals surface area contributed by atoms with Crippen molar-refractivity contribution in [2.75, 3.05) is 30.2 Å². The lowest BCUT2D eigenvalue weighted by molar-refractivity contribution is 0.0803. The molecule has 2 aromatic rings. The zero-order valence-electron chi connectivity index (χ0n) is 18.3. The number of aromatic nitrogens is 2. The summed E-state index contributed by atoms with van der Waals surface area (Å²) in [5.74, 6) is 7.92. The van der Waals surface area contributed by atoms with Crippen molar-refractivity contribution < 1.29 is 22.5 Å². The van der Waals surface area contributed by atoms with Crippen LogP contribution in [0.15, 0.2) is 29.4 Å². The van der Waals surface area contributed by atoms with Crippen molar-refractivity contribution in [3.05, 3.63) is 30.0 Å². The SMILES string of the molecule is Cc1cnc(Oc2ccc(N=CC3(C)CCS(=O)CC3)c(N(C)N)n2)c(OCC(F)F)c1. The molecule has 0 bridgehead atoms. The second kappa shape index (κ2) is 10.3. The highest BCUT2D eigenvalue weighted by atomic mass is 32.2. The summed E-state index contributed by atoms with van der Waals surface area (Å²) in [6, 6.07) is 4.86. The summed E-state index contributed by atoms with van der Waals surface area (Å²) in [6.07, 6.45) is 2.38. The predicted octanol–water partition coefficient (Wildman–Crippen LogP) is 3.78. The number of nitrogens with zero attached hydrogens (tertiary/aromatic N) is 4.